The standard InChI is InChI=1S/C17H22O/c1-11(2)17(13(4)18)12(3)14-5-7-15(8-6-14)16-9-10-16/h5-8,11,16H,9-10H2,1-4H3. The first kappa shape index (κ1) is 13.1. The SMILES string of the molecule is CC(=O)C(=C(C)c1ccc(C2CC2)cc1)C(C)C. The van der Waals surface area contributed by atoms with Gasteiger partial charge in [-0.2, -0.15) is 0 Å². The lowest BCUT2D eigenvalue weighted by molar-refractivity contribution is -0.113. The Hall–Kier alpha value is -1.37. The molecule has 0 atom stereocenters. The molecule has 0 N–H and O–H groups in total. The molecule has 1 aliphatic rings. The van der Waals surface area contributed by atoms with Crippen LogP contribution in [0.5, 0.6) is 0 Å². The highest BCUT2D eigenvalue weighted by Gasteiger charge is 2.23. The minimum atomic E-state index is 0.189. The number of Topliss-reactive ketones (excluding diaryl/α,β-unsaturated/α-hetero) is 1. The molecule has 0 radical (unpaired) electrons. The first-order chi connectivity index (χ1) is 8.50. The monoisotopic (exact) mass is 242 g/mol. The topological polar surface area (TPSA) is 17.1 Å². The quantitative estimate of drug-likeness (QED) is 0.706. The summed E-state index contributed by atoms with van der Waals surface area (Å²) in [6, 6.07) is 8.76. The van der Waals surface area contributed by atoms with Gasteiger partial charge in [0.15, 0.2) is 5.78 Å². The number of benzene rings is 1. The highest BCUT2D eigenvalue weighted by molar-refractivity contribution is 6.01. The van der Waals surface area contributed by atoms with E-state index in [0.29, 0.717) is 0 Å². The maximum atomic E-state index is 11.7. The van der Waals surface area contributed by atoms with Gasteiger partial charge in [0.05, 0.1) is 0 Å². The van der Waals surface area contributed by atoms with E-state index < -0.39 is 0 Å². The lowest BCUT2D eigenvalue weighted by Crippen LogP contribution is -2.06. The molecule has 0 aliphatic heterocycles. The van der Waals surface area contributed by atoms with Gasteiger partial charge in [-0.25, -0.2) is 0 Å². The molecule has 1 saturated carbocycles. The molecular weight excluding hydrogens is 220 g/mol. The number of ketones is 1. The minimum absolute atomic E-state index is 0.189. The zero-order valence-corrected chi connectivity index (χ0v) is 11.8. The number of allylic oxidation sites excluding steroid dienone is 2. The lowest BCUT2D eigenvalue weighted by atomic mass is 9.90. The smallest absolute Gasteiger partial charge is 0.156 e. The largest absolute Gasteiger partial charge is 0.295 e. The number of hydrogen-bond acceptors (Lipinski definition) is 1. The van der Waals surface area contributed by atoms with Crippen LogP contribution in [-0.4, -0.2) is 5.78 Å². The van der Waals surface area contributed by atoms with E-state index in [0.717, 1.165) is 17.1 Å². The minimum Gasteiger partial charge on any atom is -0.295 e. The third kappa shape index (κ3) is 2.72. The molecule has 0 saturated heterocycles. The Morgan fingerprint density at radius 3 is 2.06 bits per heavy atom. The van der Waals surface area contributed by atoms with Crippen molar-refractivity contribution in [3.63, 3.8) is 0 Å². The average Bonchev–Trinajstić information content (AvgIpc) is 3.12. The van der Waals surface area contributed by atoms with Crippen molar-refractivity contribution in [1.29, 1.82) is 0 Å². The Balaban J connectivity index is 2.33. The van der Waals surface area contributed by atoms with E-state index in [1.807, 2.05) is 0 Å². The van der Waals surface area contributed by atoms with E-state index in [1.165, 1.54) is 24.0 Å². The highest BCUT2D eigenvalue weighted by Crippen LogP contribution is 2.40. The van der Waals surface area contributed by atoms with Gasteiger partial charge in [0.2, 0.25) is 0 Å². The summed E-state index contributed by atoms with van der Waals surface area (Å²) in [4.78, 5) is 11.7. The molecule has 1 aliphatic carbocycles. The van der Waals surface area contributed by atoms with E-state index in [2.05, 4.69) is 45.0 Å². The number of rotatable bonds is 4. The van der Waals surface area contributed by atoms with E-state index in [-0.39, 0.29) is 11.7 Å². The third-order valence-corrected chi connectivity index (χ3v) is 3.75. The fourth-order valence-corrected chi connectivity index (χ4v) is 2.68. The van der Waals surface area contributed by atoms with Gasteiger partial charge in [-0.05, 0) is 55.2 Å². The second kappa shape index (κ2) is 5.09. The normalized spacial score (nSPS) is 16.7. The summed E-state index contributed by atoms with van der Waals surface area (Å²) in [5, 5.41) is 0. The first-order valence-corrected chi connectivity index (χ1v) is 6.82. The van der Waals surface area contributed by atoms with Crippen LogP contribution in [0.4, 0.5) is 0 Å². The van der Waals surface area contributed by atoms with Crippen molar-refractivity contribution in [2.45, 2.75) is 46.5 Å². The Morgan fingerprint density at radius 2 is 1.67 bits per heavy atom. The summed E-state index contributed by atoms with van der Waals surface area (Å²) in [6.45, 7) is 7.89. The molecule has 1 nitrogen and oxygen atoms in total. The maximum absolute atomic E-state index is 11.7. The molecule has 2 rings (SSSR count). The van der Waals surface area contributed by atoms with Crippen molar-refractivity contribution in [3.8, 4) is 0 Å². The van der Waals surface area contributed by atoms with E-state index in [4.69, 9.17) is 0 Å². The molecule has 1 heteroatoms. The predicted octanol–water partition coefficient (Wildman–Crippen LogP) is 4.58. The van der Waals surface area contributed by atoms with Crippen LogP contribution < -0.4 is 0 Å². The van der Waals surface area contributed by atoms with Gasteiger partial charge in [-0.1, -0.05) is 38.1 Å². The zero-order valence-electron chi connectivity index (χ0n) is 11.8. The molecule has 1 aromatic carbocycles. The van der Waals surface area contributed by atoms with Crippen molar-refractivity contribution in [2.75, 3.05) is 0 Å². The summed E-state index contributed by atoms with van der Waals surface area (Å²) in [5.74, 6) is 1.26. The van der Waals surface area contributed by atoms with Crippen molar-refractivity contribution in [1.82, 2.24) is 0 Å². The van der Waals surface area contributed by atoms with Gasteiger partial charge in [0, 0.05) is 5.57 Å². The second-order valence-corrected chi connectivity index (χ2v) is 5.65. The van der Waals surface area contributed by atoms with Crippen molar-refractivity contribution < 1.29 is 4.79 Å². The highest BCUT2D eigenvalue weighted by atomic mass is 16.1. The summed E-state index contributed by atoms with van der Waals surface area (Å²) in [6.07, 6.45) is 2.66. The molecule has 96 valence electrons. The summed E-state index contributed by atoms with van der Waals surface area (Å²) < 4.78 is 0. The van der Waals surface area contributed by atoms with E-state index in [1.54, 1.807) is 6.92 Å². The number of carbonyl (C=O) groups is 1. The van der Waals surface area contributed by atoms with Gasteiger partial charge in [0.25, 0.3) is 0 Å². The van der Waals surface area contributed by atoms with Crippen LogP contribution in [0.1, 0.15) is 57.6 Å². The molecule has 0 spiro atoms. The molecule has 0 unspecified atom stereocenters. The van der Waals surface area contributed by atoms with Crippen LogP contribution in [0.3, 0.4) is 0 Å². The van der Waals surface area contributed by atoms with Crippen LogP contribution in [0.15, 0.2) is 29.8 Å². The summed E-state index contributed by atoms with van der Waals surface area (Å²) in [7, 11) is 0. The summed E-state index contributed by atoms with van der Waals surface area (Å²) >= 11 is 0. The van der Waals surface area contributed by atoms with Gasteiger partial charge in [-0.3, -0.25) is 4.79 Å². The molecule has 0 heterocycles. The Morgan fingerprint density at radius 1 is 1.11 bits per heavy atom. The fraction of sp³-hybridized carbons (Fsp3) is 0.471. The van der Waals surface area contributed by atoms with Crippen LogP contribution in [-0.2, 0) is 4.79 Å². The second-order valence-electron chi connectivity index (χ2n) is 5.65. The van der Waals surface area contributed by atoms with Crippen LogP contribution >= 0.6 is 0 Å². The molecule has 18 heavy (non-hydrogen) atoms. The Bertz CT molecular complexity index is 473. The fourth-order valence-electron chi connectivity index (χ4n) is 2.68. The van der Waals surface area contributed by atoms with Crippen molar-refractivity contribution in [3.05, 3.63) is 41.0 Å². The molecule has 0 aromatic heterocycles. The van der Waals surface area contributed by atoms with Crippen LogP contribution in [0.25, 0.3) is 5.57 Å². The predicted molar refractivity (Wildman–Crippen MR) is 76.5 cm³/mol. The Kier molecular flexibility index (Phi) is 3.70. The third-order valence-electron chi connectivity index (χ3n) is 3.75. The van der Waals surface area contributed by atoms with E-state index >= 15 is 0 Å². The van der Waals surface area contributed by atoms with Gasteiger partial charge in [-0.15, -0.1) is 0 Å². The molecular formula is C17H22O. The molecule has 0 amide bonds. The van der Waals surface area contributed by atoms with Gasteiger partial charge >= 0.3 is 0 Å². The molecule has 0 bridgehead atoms. The van der Waals surface area contributed by atoms with E-state index in [9.17, 15) is 4.79 Å². The van der Waals surface area contributed by atoms with Crippen molar-refractivity contribution >= 4 is 11.4 Å². The summed E-state index contributed by atoms with van der Waals surface area (Å²) in [5.41, 5.74) is 4.70. The van der Waals surface area contributed by atoms with Crippen molar-refractivity contribution in [2.24, 2.45) is 5.92 Å². The first-order valence-electron chi connectivity index (χ1n) is 6.82. The molecule has 1 aromatic rings. The number of hydrogen-bond donors (Lipinski definition) is 0. The average molecular weight is 242 g/mol. The zero-order chi connectivity index (χ0) is 13.3. The van der Waals surface area contributed by atoms with Crippen LogP contribution in [0, 0.1) is 5.92 Å². The molecule has 1 fully saturated rings. The van der Waals surface area contributed by atoms with Gasteiger partial charge in [0.1, 0.15) is 0 Å². The van der Waals surface area contributed by atoms with Gasteiger partial charge < -0.3 is 0 Å². The number of carbonyl (C=O) groups excluding carboxylic acids is 1. The Labute approximate surface area is 110 Å². The van der Waals surface area contributed by atoms with Crippen LogP contribution in [0.2, 0.25) is 0 Å². The lowest BCUT2D eigenvalue weighted by Gasteiger charge is -2.13. The maximum Gasteiger partial charge on any atom is 0.156 e.